The molecule has 0 unspecified atom stereocenters. The number of benzene rings is 1. The minimum atomic E-state index is -0.488. The van der Waals surface area contributed by atoms with Crippen LogP contribution in [-0.2, 0) is 11.3 Å². The maximum atomic E-state index is 12.4. The van der Waals surface area contributed by atoms with E-state index in [2.05, 4.69) is 15.6 Å². The zero-order chi connectivity index (χ0) is 18.8. The van der Waals surface area contributed by atoms with Crippen molar-refractivity contribution in [3.8, 4) is 0 Å². The molecule has 1 aliphatic carbocycles. The molecular formula is C20H18N4O3. The molecule has 1 aliphatic rings. The van der Waals surface area contributed by atoms with Crippen molar-refractivity contribution in [1.82, 2.24) is 14.7 Å². The number of hydrogen-bond acceptors (Lipinski definition) is 4. The molecule has 1 saturated carbocycles. The largest absolute Gasteiger partial charge is 0.348 e. The third kappa shape index (κ3) is 3.72. The van der Waals surface area contributed by atoms with Gasteiger partial charge in [-0.1, -0.05) is 18.2 Å². The Kier molecular flexibility index (Phi) is 4.42. The van der Waals surface area contributed by atoms with E-state index in [-0.39, 0.29) is 23.9 Å². The monoisotopic (exact) mass is 362 g/mol. The van der Waals surface area contributed by atoms with Crippen molar-refractivity contribution in [2.75, 3.05) is 5.32 Å². The zero-order valence-electron chi connectivity index (χ0n) is 14.5. The smallest absolute Gasteiger partial charge is 0.270 e. The number of rotatable bonds is 5. The number of carbonyl (C=O) groups is 2. The summed E-state index contributed by atoms with van der Waals surface area (Å²) in [5.74, 6) is -0.327. The van der Waals surface area contributed by atoms with Gasteiger partial charge in [-0.2, -0.15) is 0 Å². The molecule has 2 amide bonds. The molecule has 27 heavy (non-hydrogen) atoms. The van der Waals surface area contributed by atoms with Crippen LogP contribution in [0.15, 0.2) is 59.7 Å². The van der Waals surface area contributed by atoms with Crippen LogP contribution in [0.4, 0.5) is 5.69 Å². The van der Waals surface area contributed by atoms with Gasteiger partial charge in [0.2, 0.25) is 5.91 Å². The third-order valence-electron chi connectivity index (χ3n) is 4.45. The number of pyridine rings is 1. The average molecular weight is 362 g/mol. The highest BCUT2D eigenvalue weighted by Gasteiger charge is 2.29. The van der Waals surface area contributed by atoms with Crippen LogP contribution in [0.5, 0.6) is 0 Å². The summed E-state index contributed by atoms with van der Waals surface area (Å²) < 4.78 is 1.34. The number of aromatic nitrogens is 2. The molecule has 2 heterocycles. The number of nitrogens with one attached hydrogen (secondary N) is 2. The maximum absolute atomic E-state index is 12.4. The fourth-order valence-corrected chi connectivity index (χ4v) is 2.81. The van der Waals surface area contributed by atoms with Gasteiger partial charge >= 0.3 is 0 Å². The number of nitrogens with zero attached hydrogens (tertiary/aromatic N) is 2. The van der Waals surface area contributed by atoms with Gasteiger partial charge in [-0.05, 0) is 42.7 Å². The average Bonchev–Trinajstić information content (AvgIpc) is 3.52. The summed E-state index contributed by atoms with van der Waals surface area (Å²) in [7, 11) is 0. The van der Waals surface area contributed by atoms with E-state index in [4.69, 9.17) is 0 Å². The van der Waals surface area contributed by atoms with E-state index in [9.17, 15) is 14.4 Å². The Morgan fingerprint density at radius 3 is 2.81 bits per heavy atom. The lowest BCUT2D eigenvalue weighted by molar-refractivity contribution is -0.117. The second-order valence-electron chi connectivity index (χ2n) is 6.55. The van der Waals surface area contributed by atoms with Crippen molar-refractivity contribution in [3.05, 3.63) is 76.3 Å². The molecule has 0 spiro atoms. The summed E-state index contributed by atoms with van der Waals surface area (Å²) in [6, 6.07) is 12.5. The molecule has 0 aliphatic heterocycles. The number of hydrogen-bond donors (Lipinski definition) is 2. The van der Waals surface area contributed by atoms with Gasteiger partial charge in [-0.25, -0.2) is 4.98 Å². The molecule has 1 aromatic carbocycles. The van der Waals surface area contributed by atoms with Gasteiger partial charge in [0.1, 0.15) is 11.2 Å². The Balaban J connectivity index is 1.45. The molecule has 7 heteroatoms. The fraction of sp³-hybridized carbons (Fsp3) is 0.200. The van der Waals surface area contributed by atoms with E-state index in [1.54, 1.807) is 24.4 Å². The molecule has 0 bridgehead atoms. The highest BCUT2D eigenvalue weighted by atomic mass is 16.2. The maximum Gasteiger partial charge on any atom is 0.270 e. The minimum Gasteiger partial charge on any atom is -0.348 e. The SMILES string of the molecule is O=C(NCc1cccc(NC(=O)C2CC2)c1)c1cnc2ccccn2c1=O. The fourth-order valence-electron chi connectivity index (χ4n) is 2.81. The quantitative estimate of drug-likeness (QED) is 0.726. The second kappa shape index (κ2) is 7.03. The van der Waals surface area contributed by atoms with E-state index in [1.807, 2.05) is 24.3 Å². The van der Waals surface area contributed by atoms with Gasteiger partial charge in [0.05, 0.1) is 0 Å². The van der Waals surface area contributed by atoms with Crippen molar-refractivity contribution in [2.45, 2.75) is 19.4 Å². The van der Waals surface area contributed by atoms with Crippen LogP contribution in [0.3, 0.4) is 0 Å². The van der Waals surface area contributed by atoms with Crippen molar-refractivity contribution in [2.24, 2.45) is 5.92 Å². The molecule has 0 atom stereocenters. The highest BCUT2D eigenvalue weighted by Crippen LogP contribution is 2.30. The van der Waals surface area contributed by atoms with Crippen LogP contribution in [0.1, 0.15) is 28.8 Å². The Hall–Kier alpha value is -3.48. The normalized spacial score (nSPS) is 13.3. The first kappa shape index (κ1) is 17.0. The van der Waals surface area contributed by atoms with E-state index >= 15 is 0 Å². The lowest BCUT2D eigenvalue weighted by atomic mass is 10.2. The first-order valence-corrected chi connectivity index (χ1v) is 8.76. The third-order valence-corrected chi connectivity index (χ3v) is 4.45. The summed E-state index contributed by atoms with van der Waals surface area (Å²) in [6.45, 7) is 0.239. The predicted octanol–water partition coefficient (Wildman–Crippen LogP) is 1.97. The Bertz CT molecular complexity index is 1090. The van der Waals surface area contributed by atoms with Gasteiger partial charge in [0.25, 0.3) is 11.5 Å². The number of carbonyl (C=O) groups excluding carboxylic acids is 2. The van der Waals surface area contributed by atoms with Crippen LogP contribution in [0.25, 0.3) is 5.65 Å². The van der Waals surface area contributed by atoms with Gasteiger partial charge in [-0.3, -0.25) is 18.8 Å². The van der Waals surface area contributed by atoms with E-state index in [0.29, 0.717) is 11.3 Å². The molecule has 3 aromatic rings. The Morgan fingerprint density at radius 2 is 2.00 bits per heavy atom. The molecule has 1 fully saturated rings. The molecule has 2 aromatic heterocycles. The van der Waals surface area contributed by atoms with Crippen LogP contribution < -0.4 is 16.2 Å². The molecule has 2 N–H and O–H groups in total. The molecule has 136 valence electrons. The van der Waals surface area contributed by atoms with E-state index < -0.39 is 11.5 Å². The molecule has 0 saturated heterocycles. The topological polar surface area (TPSA) is 92.6 Å². The highest BCUT2D eigenvalue weighted by molar-refractivity contribution is 5.94. The van der Waals surface area contributed by atoms with E-state index in [1.165, 1.54) is 10.6 Å². The van der Waals surface area contributed by atoms with Gasteiger partial charge in [-0.15, -0.1) is 0 Å². The zero-order valence-corrected chi connectivity index (χ0v) is 14.5. The summed E-state index contributed by atoms with van der Waals surface area (Å²) >= 11 is 0. The van der Waals surface area contributed by atoms with Gasteiger partial charge in [0, 0.05) is 30.5 Å². The standard InChI is InChI=1S/C20H18N4O3/c25-18(14-7-8-14)23-15-5-3-4-13(10-15)11-22-19(26)16-12-21-17-6-1-2-9-24(17)20(16)27/h1-6,9-10,12,14H,7-8,11H2,(H,22,26)(H,23,25). The lowest BCUT2D eigenvalue weighted by Gasteiger charge is -2.09. The van der Waals surface area contributed by atoms with Crippen LogP contribution in [0, 0.1) is 5.92 Å². The Morgan fingerprint density at radius 1 is 1.15 bits per heavy atom. The first-order valence-electron chi connectivity index (χ1n) is 8.76. The van der Waals surface area contributed by atoms with Gasteiger partial charge in [0.15, 0.2) is 0 Å². The molecule has 0 radical (unpaired) electrons. The molecule has 7 nitrogen and oxygen atoms in total. The summed E-state index contributed by atoms with van der Waals surface area (Å²) in [5, 5.41) is 5.61. The van der Waals surface area contributed by atoms with Crippen molar-refractivity contribution in [1.29, 1.82) is 0 Å². The number of amides is 2. The van der Waals surface area contributed by atoms with Crippen molar-refractivity contribution >= 4 is 23.1 Å². The van der Waals surface area contributed by atoms with E-state index in [0.717, 1.165) is 18.4 Å². The summed E-state index contributed by atoms with van der Waals surface area (Å²) in [5.41, 5.74) is 1.58. The van der Waals surface area contributed by atoms with Crippen molar-refractivity contribution < 1.29 is 9.59 Å². The molecular weight excluding hydrogens is 344 g/mol. The minimum absolute atomic E-state index is 0.0168. The lowest BCUT2D eigenvalue weighted by Crippen LogP contribution is -2.31. The second-order valence-corrected chi connectivity index (χ2v) is 6.55. The van der Waals surface area contributed by atoms with Gasteiger partial charge < -0.3 is 10.6 Å². The molecule has 4 rings (SSSR count). The van der Waals surface area contributed by atoms with Crippen molar-refractivity contribution in [3.63, 3.8) is 0 Å². The predicted molar refractivity (Wildman–Crippen MR) is 100 cm³/mol. The van der Waals surface area contributed by atoms with Crippen LogP contribution in [-0.4, -0.2) is 21.2 Å². The Labute approximate surface area is 155 Å². The number of anilines is 1. The van der Waals surface area contributed by atoms with Crippen LogP contribution in [0.2, 0.25) is 0 Å². The summed E-state index contributed by atoms with van der Waals surface area (Å²) in [6.07, 6.45) is 4.75. The van der Waals surface area contributed by atoms with Crippen LogP contribution >= 0.6 is 0 Å². The summed E-state index contributed by atoms with van der Waals surface area (Å²) in [4.78, 5) is 40.8. The number of fused-ring (bicyclic) bond motifs is 1. The first-order chi connectivity index (χ1) is 13.1.